The summed E-state index contributed by atoms with van der Waals surface area (Å²) in [6.07, 6.45) is 2.01. The molecule has 22 heavy (non-hydrogen) atoms. The lowest BCUT2D eigenvalue weighted by Gasteiger charge is -2.13. The number of hydrogen-bond donors (Lipinski definition) is 1. The summed E-state index contributed by atoms with van der Waals surface area (Å²) in [5.74, 6) is -0.430. The Labute approximate surface area is 127 Å². The third-order valence-corrected chi connectivity index (χ3v) is 3.38. The van der Waals surface area contributed by atoms with Crippen LogP contribution in [0.5, 0.6) is 0 Å². The Hall–Kier alpha value is -2.81. The minimum atomic E-state index is -0.667. The van der Waals surface area contributed by atoms with Crippen molar-refractivity contribution in [1.29, 1.82) is 5.26 Å². The molecule has 6 nitrogen and oxygen atoms in total. The first-order valence-corrected chi connectivity index (χ1v) is 7.09. The van der Waals surface area contributed by atoms with Crippen LogP contribution in [0.15, 0.2) is 35.3 Å². The van der Waals surface area contributed by atoms with Gasteiger partial charge in [0.25, 0.3) is 5.56 Å². The number of aromatic amines is 1. The van der Waals surface area contributed by atoms with E-state index in [1.54, 1.807) is 37.4 Å². The lowest BCUT2D eigenvalue weighted by molar-refractivity contribution is -0.147. The molecule has 0 aliphatic heterocycles. The number of nitriles is 1. The van der Waals surface area contributed by atoms with Gasteiger partial charge in [0, 0.05) is 6.20 Å². The molecule has 0 aliphatic carbocycles. The minimum Gasteiger partial charge on any atom is -0.464 e. The number of rotatable bonds is 5. The molecular formula is C16H17N3O3. The predicted octanol–water partition coefficient (Wildman–Crippen LogP) is 2.23. The summed E-state index contributed by atoms with van der Waals surface area (Å²) < 4.78 is 6.28. The molecule has 2 aromatic rings. The van der Waals surface area contributed by atoms with Crippen molar-refractivity contribution in [2.24, 2.45) is 0 Å². The highest BCUT2D eigenvalue weighted by atomic mass is 16.5. The van der Waals surface area contributed by atoms with Crippen molar-refractivity contribution in [3.05, 3.63) is 46.4 Å². The number of ether oxygens (including phenoxy) is 1. The van der Waals surface area contributed by atoms with Crippen LogP contribution in [0.3, 0.4) is 0 Å². The molecular weight excluding hydrogens is 282 g/mol. The van der Waals surface area contributed by atoms with Gasteiger partial charge in [-0.3, -0.25) is 4.79 Å². The molecule has 0 radical (unpaired) electrons. The lowest BCUT2D eigenvalue weighted by Crippen LogP contribution is -2.30. The zero-order valence-electron chi connectivity index (χ0n) is 12.5. The molecule has 0 spiro atoms. The molecule has 0 fully saturated rings. The number of carbonyl (C=O) groups excluding carboxylic acids is 1. The Kier molecular flexibility index (Phi) is 4.79. The molecule has 114 valence electrons. The van der Waals surface area contributed by atoms with E-state index in [0.717, 1.165) is 0 Å². The first kappa shape index (κ1) is 15.6. The number of esters is 1. The second kappa shape index (κ2) is 6.76. The third-order valence-electron chi connectivity index (χ3n) is 3.38. The van der Waals surface area contributed by atoms with Crippen molar-refractivity contribution in [3.8, 4) is 17.2 Å². The van der Waals surface area contributed by atoms with E-state index in [1.165, 1.54) is 4.68 Å². The average Bonchev–Trinajstić information content (AvgIpc) is 2.90. The van der Waals surface area contributed by atoms with E-state index in [-0.39, 0.29) is 12.2 Å². The first-order chi connectivity index (χ1) is 10.6. The van der Waals surface area contributed by atoms with Crippen molar-refractivity contribution in [2.45, 2.75) is 26.3 Å². The maximum atomic E-state index is 12.5. The van der Waals surface area contributed by atoms with Gasteiger partial charge in [0.05, 0.1) is 23.8 Å². The van der Waals surface area contributed by atoms with E-state index < -0.39 is 12.0 Å². The van der Waals surface area contributed by atoms with Gasteiger partial charge in [0.2, 0.25) is 0 Å². The van der Waals surface area contributed by atoms with Crippen LogP contribution >= 0.6 is 0 Å². The zero-order valence-corrected chi connectivity index (χ0v) is 12.5. The molecule has 0 amide bonds. The highest BCUT2D eigenvalue weighted by Gasteiger charge is 2.23. The summed E-state index contributed by atoms with van der Waals surface area (Å²) in [7, 11) is 0. The minimum absolute atomic E-state index is 0.271. The van der Waals surface area contributed by atoms with Crippen molar-refractivity contribution < 1.29 is 9.53 Å². The van der Waals surface area contributed by atoms with E-state index in [9.17, 15) is 9.59 Å². The van der Waals surface area contributed by atoms with Gasteiger partial charge in [0.15, 0.2) is 6.04 Å². The van der Waals surface area contributed by atoms with Crippen LogP contribution in [-0.4, -0.2) is 22.4 Å². The van der Waals surface area contributed by atoms with Gasteiger partial charge >= 0.3 is 5.97 Å². The van der Waals surface area contributed by atoms with E-state index >= 15 is 0 Å². The molecule has 0 saturated carbocycles. The molecule has 1 atom stereocenters. The highest BCUT2D eigenvalue weighted by molar-refractivity contribution is 5.74. The monoisotopic (exact) mass is 299 g/mol. The Balaban J connectivity index is 2.38. The summed E-state index contributed by atoms with van der Waals surface area (Å²) in [4.78, 5) is 24.4. The van der Waals surface area contributed by atoms with E-state index in [2.05, 4.69) is 5.10 Å². The van der Waals surface area contributed by atoms with E-state index in [0.29, 0.717) is 23.1 Å². The SMILES string of the molecule is CCOC(=O)C(CC)n1[nH]cc(-c2ccc(C#N)cc2)c1=O. The van der Waals surface area contributed by atoms with Crippen LogP contribution in [0.4, 0.5) is 0 Å². The number of benzene rings is 1. The third kappa shape index (κ3) is 2.93. The summed E-state index contributed by atoms with van der Waals surface area (Å²) in [5.41, 5.74) is 1.38. The molecule has 1 heterocycles. The molecule has 0 bridgehead atoms. The molecule has 1 unspecified atom stereocenters. The maximum Gasteiger partial charge on any atom is 0.330 e. The van der Waals surface area contributed by atoms with Crippen LogP contribution in [-0.2, 0) is 9.53 Å². The van der Waals surface area contributed by atoms with Crippen molar-refractivity contribution in [2.75, 3.05) is 6.61 Å². The highest BCUT2D eigenvalue weighted by Crippen LogP contribution is 2.18. The van der Waals surface area contributed by atoms with Crippen LogP contribution in [0.1, 0.15) is 31.9 Å². The van der Waals surface area contributed by atoms with Crippen LogP contribution in [0.2, 0.25) is 0 Å². The average molecular weight is 299 g/mol. The smallest absolute Gasteiger partial charge is 0.330 e. The summed E-state index contributed by atoms with van der Waals surface area (Å²) >= 11 is 0. The number of nitrogens with one attached hydrogen (secondary N) is 1. The fraction of sp³-hybridized carbons (Fsp3) is 0.312. The second-order valence-electron chi connectivity index (χ2n) is 4.73. The first-order valence-electron chi connectivity index (χ1n) is 7.09. The van der Waals surface area contributed by atoms with Gasteiger partial charge < -0.3 is 9.84 Å². The molecule has 0 saturated heterocycles. The van der Waals surface area contributed by atoms with Gasteiger partial charge in [-0.2, -0.15) is 5.26 Å². The van der Waals surface area contributed by atoms with E-state index in [4.69, 9.17) is 10.00 Å². The van der Waals surface area contributed by atoms with Crippen molar-refractivity contribution in [3.63, 3.8) is 0 Å². The van der Waals surface area contributed by atoms with Gasteiger partial charge in [-0.25, -0.2) is 9.48 Å². The van der Waals surface area contributed by atoms with Gasteiger partial charge in [-0.15, -0.1) is 0 Å². The molecule has 1 aromatic carbocycles. The Morgan fingerprint density at radius 3 is 2.59 bits per heavy atom. The van der Waals surface area contributed by atoms with Gasteiger partial charge in [-0.1, -0.05) is 19.1 Å². The number of carbonyl (C=O) groups is 1. The van der Waals surface area contributed by atoms with Gasteiger partial charge in [-0.05, 0) is 31.0 Å². The lowest BCUT2D eigenvalue weighted by atomic mass is 10.1. The number of aromatic nitrogens is 2. The summed E-state index contributed by atoms with van der Waals surface area (Å²) in [6, 6.07) is 8.07. The Morgan fingerprint density at radius 2 is 2.05 bits per heavy atom. The molecule has 2 rings (SSSR count). The topological polar surface area (TPSA) is 87.9 Å². The molecule has 1 aromatic heterocycles. The summed E-state index contributed by atoms with van der Waals surface area (Å²) in [6.45, 7) is 3.81. The fourth-order valence-corrected chi connectivity index (χ4v) is 2.24. The van der Waals surface area contributed by atoms with Gasteiger partial charge in [0.1, 0.15) is 0 Å². The number of H-pyrrole nitrogens is 1. The Morgan fingerprint density at radius 1 is 1.36 bits per heavy atom. The molecule has 6 heteroatoms. The molecule has 1 N–H and O–H groups in total. The normalized spacial score (nSPS) is 11.7. The van der Waals surface area contributed by atoms with Crippen LogP contribution in [0, 0.1) is 11.3 Å². The van der Waals surface area contributed by atoms with E-state index in [1.807, 2.05) is 13.0 Å². The van der Waals surface area contributed by atoms with Crippen LogP contribution < -0.4 is 5.56 Å². The zero-order chi connectivity index (χ0) is 16.1. The largest absolute Gasteiger partial charge is 0.464 e. The number of hydrogen-bond acceptors (Lipinski definition) is 4. The van der Waals surface area contributed by atoms with Crippen LogP contribution in [0.25, 0.3) is 11.1 Å². The number of nitrogens with zero attached hydrogens (tertiary/aromatic N) is 2. The molecule has 0 aliphatic rings. The standard InChI is InChI=1S/C16H17N3O3/c1-3-14(16(21)22-4-2)19-15(20)13(10-18-19)12-7-5-11(9-17)6-8-12/h5-8,10,14,18H,3-4H2,1-2H3. The Bertz CT molecular complexity index is 750. The van der Waals surface area contributed by atoms with Crippen molar-refractivity contribution >= 4 is 5.97 Å². The maximum absolute atomic E-state index is 12.5. The second-order valence-corrected chi connectivity index (χ2v) is 4.73. The fourth-order valence-electron chi connectivity index (χ4n) is 2.24. The summed E-state index contributed by atoms with van der Waals surface area (Å²) in [5, 5.41) is 11.6. The quantitative estimate of drug-likeness (QED) is 0.857. The predicted molar refractivity (Wildman–Crippen MR) is 81.2 cm³/mol. The van der Waals surface area contributed by atoms with Crippen molar-refractivity contribution in [1.82, 2.24) is 9.78 Å².